The quantitative estimate of drug-likeness (QED) is 0.576. The molecule has 0 bridgehead atoms. The van der Waals surface area contributed by atoms with Gasteiger partial charge in [-0.3, -0.25) is 9.69 Å². The van der Waals surface area contributed by atoms with Crippen molar-refractivity contribution < 1.29 is 4.79 Å². The van der Waals surface area contributed by atoms with Gasteiger partial charge in [0.15, 0.2) is 0 Å². The molecule has 0 N–H and O–H groups in total. The van der Waals surface area contributed by atoms with Crippen molar-refractivity contribution in [2.24, 2.45) is 5.92 Å². The van der Waals surface area contributed by atoms with Crippen molar-refractivity contribution in [1.82, 2.24) is 4.90 Å². The van der Waals surface area contributed by atoms with Crippen molar-refractivity contribution in [1.29, 1.82) is 0 Å². The van der Waals surface area contributed by atoms with Crippen molar-refractivity contribution >= 4 is 5.78 Å². The first-order chi connectivity index (χ1) is 9.16. The lowest BCUT2D eigenvalue weighted by Gasteiger charge is -2.36. The molecule has 1 saturated heterocycles. The molecule has 0 aromatic heterocycles. The van der Waals surface area contributed by atoms with Gasteiger partial charge in [0, 0.05) is 24.9 Å². The van der Waals surface area contributed by atoms with Gasteiger partial charge in [-0.15, -0.1) is 0 Å². The van der Waals surface area contributed by atoms with E-state index in [9.17, 15) is 4.79 Å². The molecule has 0 radical (unpaired) electrons. The Balaban J connectivity index is 2.02. The summed E-state index contributed by atoms with van der Waals surface area (Å²) in [5, 5.41) is 0. The molecular weight excluding hydrogens is 234 g/mol. The predicted octanol–water partition coefficient (Wildman–Crippen LogP) is 4.43. The monoisotopic (exact) mass is 267 g/mol. The maximum atomic E-state index is 11.6. The van der Waals surface area contributed by atoms with E-state index in [0.29, 0.717) is 11.8 Å². The average Bonchev–Trinajstić information content (AvgIpc) is 2.41. The minimum absolute atomic E-state index is 0.239. The Morgan fingerprint density at radius 2 is 1.58 bits per heavy atom. The third-order valence-corrected chi connectivity index (χ3v) is 4.75. The number of Topliss-reactive ketones (excluding diaryl/α,β-unsaturated/α-hetero) is 1. The number of carbonyl (C=O) groups excluding carboxylic acids is 1. The van der Waals surface area contributed by atoms with Crippen LogP contribution in [0.25, 0.3) is 0 Å². The first-order valence-corrected chi connectivity index (χ1v) is 8.43. The molecule has 0 amide bonds. The van der Waals surface area contributed by atoms with E-state index in [2.05, 4.69) is 25.7 Å². The van der Waals surface area contributed by atoms with E-state index in [-0.39, 0.29) is 5.92 Å². The summed E-state index contributed by atoms with van der Waals surface area (Å²) in [6.07, 6.45) is 11.8. The number of nitrogens with zero attached hydrogens (tertiary/aromatic N) is 1. The van der Waals surface area contributed by atoms with Gasteiger partial charge in [0.05, 0.1) is 0 Å². The second-order valence-corrected chi connectivity index (χ2v) is 6.26. The third kappa shape index (κ3) is 6.07. The minimum Gasteiger partial charge on any atom is -0.300 e. The summed E-state index contributed by atoms with van der Waals surface area (Å²) in [5.41, 5.74) is 0. The second kappa shape index (κ2) is 9.52. The molecule has 2 unspecified atom stereocenters. The van der Waals surface area contributed by atoms with Gasteiger partial charge < -0.3 is 0 Å². The largest absolute Gasteiger partial charge is 0.300 e. The van der Waals surface area contributed by atoms with Crippen molar-refractivity contribution in [2.75, 3.05) is 13.1 Å². The molecule has 112 valence electrons. The van der Waals surface area contributed by atoms with E-state index < -0.39 is 0 Å². The summed E-state index contributed by atoms with van der Waals surface area (Å²) in [4.78, 5) is 14.1. The number of hydrogen-bond donors (Lipinski definition) is 0. The van der Waals surface area contributed by atoms with E-state index >= 15 is 0 Å². The smallest absolute Gasteiger partial charge is 0.138 e. The van der Waals surface area contributed by atoms with Crippen LogP contribution >= 0.6 is 0 Å². The molecule has 1 heterocycles. The van der Waals surface area contributed by atoms with Crippen LogP contribution in [0.3, 0.4) is 0 Å². The number of carbonyl (C=O) groups is 1. The van der Waals surface area contributed by atoms with E-state index in [4.69, 9.17) is 0 Å². The van der Waals surface area contributed by atoms with Crippen molar-refractivity contribution in [3.63, 3.8) is 0 Å². The van der Waals surface area contributed by atoms with Crippen LogP contribution in [0.1, 0.15) is 78.6 Å². The predicted molar refractivity (Wildman–Crippen MR) is 82.4 cm³/mol. The molecule has 0 saturated carbocycles. The molecule has 0 aromatic carbocycles. The number of rotatable bonds is 9. The van der Waals surface area contributed by atoms with Crippen LogP contribution in [0.2, 0.25) is 0 Å². The third-order valence-electron chi connectivity index (χ3n) is 4.75. The van der Waals surface area contributed by atoms with Crippen LogP contribution in [-0.4, -0.2) is 29.8 Å². The molecule has 1 fully saturated rings. The van der Waals surface area contributed by atoms with Crippen molar-refractivity contribution in [3.8, 4) is 0 Å². The van der Waals surface area contributed by atoms with Gasteiger partial charge in [0.2, 0.25) is 0 Å². The lowest BCUT2D eigenvalue weighted by atomic mass is 9.90. The Kier molecular flexibility index (Phi) is 8.36. The topological polar surface area (TPSA) is 20.3 Å². The van der Waals surface area contributed by atoms with Gasteiger partial charge in [-0.1, -0.05) is 58.8 Å². The maximum absolute atomic E-state index is 11.6. The number of hydrogen-bond acceptors (Lipinski definition) is 2. The lowest BCUT2D eigenvalue weighted by molar-refractivity contribution is -0.127. The highest BCUT2D eigenvalue weighted by atomic mass is 16.1. The maximum Gasteiger partial charge on any atom is 0.138 e. The highest BCUT2D eigenvalue weighted by molar-refractivity contribution is 5.82. The van der Waals surface area contributed by atoms with Gasteiger partial charge in [-0.25, -0.2) is 0 Å². The molecule has 19 heavy (non-hydrogen) atoms. The fourth-order valence-corrected chi connectivity index (χ4v) is 3.03. The van der Waals surface area contributed by atoms with Gasteiger partial charge in [0.1, 0.15) is 5.78 Å². The summed E-state index contributed by atoms with van der Waals surface area (Å²) >= 11 is 0. The Bertz CT molecular complexity index is 252. The molecule has 1 aliphatic heterocycles. The zero-order valence-electron chi connectivity index (χ0n) is 13.3. The molecule has 2 atom stereocenters. The molecule has 0 aliphatic carbocycles. The van der Waals surface area contributed by atoms with Crippen molar-refractivity contribution in [2.45, 2.75) is 84.6 Å². The van der Waals surface area contributed by atoms with Crippen LogP contribution in [0, 0.1) is 5.92 Å². The number of likely N-dealkylation sites (tertiary alicyclic amines) is 1. The molecule has 2 nitrogen and oxygen atoms in total. The van der Waals surface area contributed by atoms with E-state index in [1.165, 1.54) is 57.9 Å². The molecular formula is C17H33NO. The Morgan fingerprint density at radius 3 is 2.21 bits per heavy atom. The SMILES string of the molecule is CCCCCCCCCCN1CCC(=O)C(C)C1C. The van der Waals surface area contributed by atoms with Crippen LogP contribution in [0.15, 0.2) is 0 Å². The van der Waals surface area contributed by atoms with E-state index in [1.54, 1.807) is 0 Å². The zero-order chi connectivity index (χ0) is 14.1. The lowest BCUT2D eigenvalue weighted by Crippen LogP contribution is -2.47. The van der Waals surface area contributed by atoms with Gasteiger partial charge >= 0.3 is 0 Å². The second-order valence-electron chi connectivity index (χ2n) is 6.26. The summed E-state index contributed by atoms with van der Waals surface area (Å²) in [6.45, 7) is 8.75. The van der Waals surface area contributed by atoms with E-state index in [1.807, 2.05) is 0 Å². The minimum atomic E-state index is 0.239. The number of piperidine rings is 1. The van der Waals surface area contributed by atoms with Gasteiger partial charge in [0.25, 0.3) is 0 Å². The summed E-state index contributed by atoms with van der Waals surface area (Å²) in [6, 6.07) is 0.450. The number of ketones is 1. The average molecular weight is 267 g/mol. The summed E-state index contributed by atoms with van der Waals surface area (Å²) < 4.78 is 0. The molecule has 1 rings (SSSR count). The van der Waals surface area contributed by atoms with Gasteiger partial charge in [-0.05, 0) is 19.9 Å². The molecule has 0 spiro atoms. The molecule has 2 heteroatoms. The van der Waals surface area contributed by atoms with Crippen LogP contribution in [0.5, 0.6) is 0 Å². The molecule has 1 aliphatic rings. The molecule has 0 aromatic rings. The fourth-order valence-electron chi connectivity index (χ4n) is 3.03. The standard InChI is InChI=1S/C17H33NO/c1-4-5-6-7-8-9-10-11-13-18-14-12-17(19)15(2)16(18)3/h15-16H,4-14H2,1-3H3. The summed E-state index contributed by atoms with van der Waals surface area (Å²) in [7, 11) is 0. The van der Waals surface area contributed by atoms with E-state index in [0.717, 1.165) is 13.0 Å². The number of unbranched alkanes of at least 4 members (excludes halogenated alkanes) is 7. The summed E-state index contributed by atoms with van der Waals surface area (Å²) in [5.74, 6) is 0.697. The Labute approximate surface area is 119 Å². The highest BCUT2D eigenvalue weighted by Crippen LogP contribution is 2.20. The van der Waals surface area contributed by atoms with Crippen LogP contribution in [-0.2, 0) is 4.79 Å². The van der Waals surface area contributed by atoms with Crippen LogP contribution in [0.4, 0.5) is 0 Å². The highest BCUT2D eigenvalue weighted by Gasteiger charge is 2.29. The Hall–Kier alpha value is -0.370. The van der Waals surface area contributed by atoms with Crippen molar-refractivity contribution in [3.05, 3.63) is 0 Å². The first kappa shape index (κ1) is 16.7. The normalized spacial score (nSPS) is 24.9. The first-order valence-electron chi connectivity index (χ1n) is 8.43. The van der Waals surface area contributed by atoms with Crippen LogP contribution < -0.4 is 0 Å². The Morgan fingerprint density at radius 1 is 1.00 bits per heavy atom. The van der Waals surface area contributed by atoms with Gasteiger partial charge in [-0.2, -0.15) is 0 Å². The zero-order valence-corrected chi connectivity index (χ0v) is 13.3. The fraction of sp³-hybridized carbons (Fsp3) is 0.941.